The molecule has 1 unspecified atom stereocenters. The summed E-state index contributed by atoms with van der Waals surface area (Å²) in [6.45, 7) is 6.41. The maximum absolute atomic E-state index is 6.01. The largest absolute Gasteiger partial charge is 0.497 e. The van der Waals surface area contributed by atoms with E-state index in [9.17, 15) is 0 Å². The molecule has 0 amide bonds. The van der Waals surface area contributed by atoms with Gasteiger partial charge in [0.2, 0.25) is 0 Å². The van der Waals surface area contributed by atoms with Gasteiger partial charge in [-0.25, -0.2) is 0 Å². The van der Waals surface area contributed by atoms with Crippen molar-refractivity contribution < 1.29 is 9.47 Å². The van der Waals surface area contributed by atoms with Crippen LogP contribution in [-0.4, -0.2) is 26.3 Å². The van der Waals surface area contributed by atoms with Gasteiger partial charge in [-0.1, -0.05) is 19.9 Å². The second-order valence-corrected chi connectivity index (χ2v) is 5.30. The van der Waals surface area contributed by atoms with Gasteiger partial charge < -0.3 is 14.8 Å². The zero-order valence-corrected chi connectivity index (χ0v) is 11.5. The van der Waals surface area contributed by atoms with Crippen molar-refractivity contribution in [2.45, 2.75) is 32.8 Å². The molecule has 18 heavy (non-hydrogen) atoms. The maximum atomic E-state index is 6.01. The Labute approximate surface area is 109 Å². The monoisotopic (exact) mass is 249 g/mol. The third-order valence-electron chi connectivity index (χ3n) is 3.23. The topological polar surface area (TPSA) is 30.5 Å². The predicted molar refractivity (Wildman–Crippen MR) is 73.4 cm³/mol. The van der Waals surface area contributed by atoms with Gasteiger partial charge >= 0.3 is 0 Å². The average Bonchev–Trinajstić information content (AvgIpc) is 2.37. The van der Waals surface area contributed by atoms with Crippen molar-refractivity contribution >= 4 is 0 Å². The lowest BCUT2D eigenvalue weighted by atomic mass is 10.0. The van der Waals surface area contributed by atoms with Gasteiger partial charge in [-0.2, -0.15) is 0 Å². The molecule has 0 fully saturated rings. The number of hydrogen-bond acceptors (Lipinski definition) is 3. The molecule has 1 heterocycles. The molecule has 1 aromatic rings. The minimum atomic E-state index is 0.281. The number of hydrogen-bond donors (Lipinski definition) is 1. The first-order valence-electron chi connectivity index (χ1n) is 6.73. The molecule has 3 nitrogen and oxygen atoms in total. The Morgan fingerprint density at radius 1 is 1.44 bits per heavy atom. The Kier molecular flexibility index (Phi) is 4.48. The first-order chi connectivity index (χ1) is 8.69. The van der Waals surface area contributed by atoms with Crippen molar-refractivity contribution in [2.24, 2.45) is 5.92 Å². The molecule has 100 valence electrons. The summed E-state index contributed by atoms with van der Waals surface area (Å²) in [6, 6.07) is 6.09. The average molecular weight is 249 g/mol. The van der Waals surface area contributed by atoms with Crippen LogP contribution in [0.3, 0.4) is 0 Å². The van der Waals surface area contributed by atoms with Crippen molar-refractivity contribution in [3.63, 3.8) is 0 Å². The Morgan fingerprint density at radius 2 is 2.28 bits per heavy atom. The fourth-order valence-corrected chi connectivity index (χ4v) is 2.21. The van der Waals surface area contributed by atoms with E-state index < -0.39 is 0 Å². The summed E-state index contributed by atoms with van der Waals surface area (Å²) in [7, 11) is 1.69. The van der Waals surface area contributed by atoms with Gasteiger partial charge in [-0.3, -0.25) is 0 Å². The molecule has 1 N–H and O–H groups in total. The van der Waals surface area contributed by atoms with Crippen LogP contribution >= 0.6 is 0 Å². The van der Waals surface area contributed by atoms with Crippen LogP contribution in [0.1, 0.15) is 25.8 Å². The molecule has 0 radical (unpaired) electrons. The van der Waals surface area contributed by atoms with E-state index in [1.807, 2.05) is 12.1 Å². The van der Waals surface area contributed by atoms with Crippen molar-refractivity contribution in [3.8, 4) is 11.5 Å². The summed E-state index contributed by atoms with van der Waals surface area (Å²) >= 11 is 0. The van der Waals surface area contributed by atoms with Gasteiger partial charge in [0, 0.05) is 12.6 Å². The molecule has 3 heteroatoms. The first kappa shape index (κ1) is 13.2. The summed E-state index contributed by atoms with van der Waals surface area (Å²) in [5, 5.41) is 3.46. The van der Waals surface area contributed by atoms with Crippen LogP contribution in [0.4, 0.5) is 0 Å². The molecule has 0 aliphatic carbocycles. The molecular weight excluding hydrogens is 226 g/mol. The zero-order chi connectivity index (χ0) is 13.0. The van der Waals surface area contributed by atoms with E-state index in [-0.39, 0.29) is 6.10 Å². The van der Waals surface area contributed by atoms with Crippen LogP contribution in [0.5, 0.6) is 11.5 Å². The first-order valence-corrected chi connectivity index (χ1v) is 6.73. The molecule has 0 spiro atoms. The highest BCUT2D eigenvalue weighted by atomic mass is 16.5. The summed E-state index contributed by atoms with van der Waals surface area (Å²) in [6.07, 6.45) is 2.46. The van der Waals surface area contributed by atoms with E-state index in [1.54, 1.807) is 7.11 Å². The van der Waals surface area contributed by atoms with E-state index >= 15 is 0 Å². The Bertz CT molecular complexity index is 390. The molecule has 2 rings (SSSR count). The lowest BCUT2D eigenvalue weighted by molar-refractivity contribution is 0.169. The maximum Gasteiger partial charge on any atom is 0.126 e. The van der Waals surface area contributed by atoms with Crippen molar-refractivity contribution in [1.29, 1.82) is 0 Å². The Balaban J connectivity index is 1.92. The molecule has 1 aromatic carbocycles. The van der Waals surface area contributed by atoms with Crippen LogP contribution < -0.4 is 14.8 Å². The number of ether oxygens (including phenoxy) is 2. The van der Waals surface area contributed by atoms with Crippen molar-refractivity contribution in [2.75, 3.05) is 20.2 Å². The number of rotatable bonds is 5. The molecule has 0 aromatic heterocycles. The number of benzene rings is 1. The fraction of sp³-hybridized carbons (Fsp3) is 0.600. The van der Waals surface area contributed by atoms with E-state index in [1.165, 1.54) is 5.56 Å². The fourth-order valence-electron chi connectivity index (χ4n) is 2.21. The van der Waals surface area contributed by atoms with Crippen LogP contribution in [0, 0.1) is 5.92 Å². The van der Waals surface area contributed by atoms with Crippen LogP contribution in [-0.2, 0) is 6.42 Å². The van der Waals surface area contributed by atoms with Gasteiger partial charge in [0.1, 0.15) is 17.6 Å². The molecular formula is C15H23NO2. The number of methoxy groups -OCH3 is 1. The Hall–Kier alpha value is -1.22. The van der Waals surface area contributed by atoms with E-state index in [0.29, 0.717) is 5.92 Å². The summed E-state index contributed by atoms with van der Waals surface area (Å²) in [4.78, 5) is 0. The Morgan fingerprint density at radius 3 is 3.00 bits per heavy atom. The number of aryl methyl sites for hydroxylation is 1. The zero-order valence-electron chi connectivity index (χ0n) is 11.5. The molecule has 0 bridgehead atoms. The number of nitrogens with one attached hydrogen (secondary N) is 1. The highest BCUT2D eigenvalue weighted by Crippen LogP contribution is 2.31. The minimum Gasteiger partial charge on any atom is -0.497 e. The van der Waals surface area contributed by atoms with E-state index in [0.717, 1.165) is 37.4 Å². The quantitative estimate of drug-likeness (QED) is 0.870. The summed E-state index contributed by atoms with van der Waals surface area (Å²) in [5.41, 5.74) is 1.29. The normalized spacial score (nSPS) is 18.3. The molecule has 1 aliphatic rings. The molecule has 1 aliphatic heterocycles. The summed E-state index contributed by atoms with van der Waals surface area (Å²) < 4.78 is 11.2. The number of fused-ring (bicyclic) bond motifs is 1. The van der Waals surface area contributed by atoms with E-state index in [2.05, 4.69) is 25.2 Å². The predicted octanol–water partition coefficient (Wildman–Crippen LogP) is 2.63. The van der Waals surface area contributed by atoms with Gasteiger partial charge in [-0.05, 0) is 36.9 Å². The smallest absolute Gasteiger partial charge is 0.126 e. The van der Waals surface area contributed by atoms with Gasteiger partial charge in [0.05, 0.1) is 7.11 Å². The molecule has 1 atom stereocenters. The second-order valence-electron chi connectivity index (χ2n) is 5.30. The van der Waals surface area contributed by atoms with Crippen molar-refractivity contribution in [3.05, 3.63) is 23.8 Å². The van der Waals surface area contributed by atoms with Gasteiger partial charge in [0.25, 0.3) is 0 Å². The summed E-state index contributed by atoms with van der Waals surface area (Å²) in [5.74, 6) is 2.53. The van der Waals surface area contributed by atoms with Crippen LogP contribution in [0.15, 0.2) is 18.2 Å². The second kappa shape index (κ2) is 6.10. The highest BCUT2D eigenvalue weighted by molar-refractivity contribution is 5.42. The van der Waals surface area contributed by atoms with Crippen LogP contribution in [0.25, 0.3) is 0 Å². The van der Waals surface area contributed by atoms with Crippen LogP contribution in [0.2, 0.25) is 0 Å². The SMILES string of the molecule is COc1ccc2c(c1)OC(CNCC(C)C)CC2. The lowest BCUT2D eigenvalue weighted by Gasteiger charge is -2.27. The third kappa shape index (κ3) is 3.39. The van der Waals surface area contributed by atoms with Gasteiger partial charge in [0.15, 0.2) is 0 Å². The van der Waals surface area contributed by atoms with Crippen molar-refractivity contribution in [1.82, 2.24) is 5.32 Å². The minimum absolute atomic E-state index is 0.281. The van der Waals surface area contributed by atoms with Gasteiger partial charge in [-0.15, -0.1) is 0 Å². The highest BCUT2D eigenvalue weighted by Gasteiger charge is 2.19. The standard InChI is InChI=1S/C15H23NO2/c1-11(2)9-16-10-14-7-5-12-4-6-13(17-3)8-15(12)18-14/h4,6,8,11,14,16H,5,7,9-10H2,1-3H3. The van der Waals surface area contributed by atoms with E-state index in [4.69, 9.17) is 9.47 Å². The third-order valence-corrected chi connectivity index (χ3v) is 3.23. The molecule has 0 saturated heterocycles. The molecule has 0 saturated carbocycles. The lowest BCUT2D eigenvalue weighted by Crippen LogP contribution is -2.35.